The number of carboxylic acid groups (broad SMARTS) is 2. The molecule has 164 valence electrons. The summed E-state index contributed by atoms with van der Waals surface area (Å²) >= 11 is 0. The highest BCUT2D eigenvalue weighted by Gasteiger charge is 2.20. The van der Waals surface area contributed by atoms with Gasteiger partial charge < -0.3 is 15.3 Å². The van der Waals surface area contributed by atoms with E-state index in [1.807, 2.05) is 0 Å². The van der Waals surface area contributed by atoms with Gasteiger partial charge in [0.05, 0.1) is 12.1 Å². The number of aromatic hydroxyl groups is 1. The van der Waals surface area contributed by atoms with E-state index in [1.54, 1.807) is 30.3 Å². The van der Waals surface area contributed by atoms with Gasteiger partial charge in [-0.15, -0.1) is 5.11 Å². The lowest BCUT2D eigenvalue weighted by Gasteiger charge is -2.11. The minimum absolute atomic E-state index is 0.0731. The molecule has 0 fully saturated rings. The van der Waals surface area contributed by atoms with Crippen molar-refractivity contribution in [1.29, 1.82) is 0 Å². The molecule has 0 aliphatic rings. The number of nitrogens with two attached hydrogens (primary N) is 1. The van der Waals surface area contributed by atoms with Gasteiger partial charge in [0.15, 0.2) is 0 Å². The molecule has 0 saturated carbocycles. The van der Waals surface area contributed by atoms with Gasteiger partial charge in [0.1, 0.15) is 21.9 Å². The second kappa shape index (κ2) is 8.96. The molecule has 0 radical (unpaired) electrons. The second-order valence-corrected chi connectivity index (χ2v) is 8.17. The molecule has 3 aromatic rings. The molecule has 0 heterocycles. The van der Waals surface area contributed by atoms with Gasteiger partial charge in [-0.25, -0.2) is 18.4 Å². The van der Waals surface area contributed by atoms with Crippen LogP contribution in [0.2, 0.25) is 0 Å². The fraction of sp³-hybridized carbons (Fsp3) is 0.0476. The number of benzene rings is 3. The third-order valence-corrected chi connectivity index (χ3v) is 5.38. The van der Waals surface area contributed by atoms with E-state index in [0.29, 0.717) is 11.1 Å². The molecule has 32 heavy (non-hydrogen) atoms. The van der Waals surface area contributed by atoms with Crippen molar-refractivity contribution in [3.63, 3.8) is 0 Å². The highest BCUT2D eigenvalue weighted by molar-refractivity contribution is 7.89. The first-order valence-electron chi connectivity index (χ1n) is 9.01. The average Bonchev–Trinajstić information content (AvgIpc) is 2.72. The number of sulfonamides is 1. The summed E-state index contributed by atoms with van der Waals surface area (Å²) in [6.45, 7) is 0. The molecule has 10 nitrogen and oxygen atoms in total. The number of rotatable bonds is 7. The number of carbonyl (C=O) groups is 2. The monoisotopic (exact) mass is 455 g/mol. The Morgan fingerprint density at radius 3 is 2.22 bits per heavy atom. The quantitative estimate of drug-likeness (QED) is 0.394. The minimum atomic E-state index is -4.26. The molecule has 5 N–H and O–H groups in total. The second-order valence-electron chi connectivity index (χ2n) is 6.67. The lowest BCUT2D eigenvalue weighted by molar-refractivity contribution is -0.136. The number of phenols is 1. The van der Waals surface area contributed by atoms with Crippen LogP contribution in [0, 0.1) is 0 Å². The zero-order chi connectivity index (χ0) is 23.5. The highest BCUT2D eigenvalue weighted by Crippen LogP contribution is 2.35. The van der Waals surface area contributed by atoms with Crippen LogP contribution >= 0.6 is 0 Å². The molecule has 0 saturated heterocycles. The third-order valence-electron chi connectivity index (χ3n) is 4.38. The predicted octanol–water partition coefficient (Wildman–Crippen LogP) is 3.45. The van der Waals surface area contributed by atoms with E-state index in [4.69, 9.17) is 15.4 Å². The molecular weight excluding hydrogens is 438 g/mol. The SMILES string of the molecule is NS(=O)(=O)c1c(N=Nc2ccc(O)c(C(=O)O)c2)cccc1-c1ccc(CC(=O)O)cc1. The molecule has 0 aromatic heterocycles. The fourth-order valence-corrected chi connectivity index (χ4v) is 3.87. The van der Waals surface area contributed by atoms with E-state index >= 15 is 0 Å². The molecule has 3 rings (SSSR count). The minimum Gasteiger partial charge on any atom is -0.507 e. The van der Waals surface area contributed by atoms with Crippen molar-refractivity contribution in [2.75, 3.05) is 0 Å². The molecule has 0 bridgehead atoms. The molecule has 0 aliphatic carbocycles. The van der Waals surface area contributed by atoms with Gasteiger partial charge in [0.25, 0.3) is 0 Å². The van der Waals surface area contributed by atoms with Crippen LogP contribution in [0.4, 0.5) is 11.4 Å². The van der Waals surface area contributed by atoms with Gasteiger partial charge in [-0.05, 0) is 35.4 Å². The Kier molecular flexibility index (Phi) is 6.32. The number of carboxylic acids is 2. The lowest BCUT2D eigenvalue weighted by atomic mass is 10.0. The number of hydrogen-bond acceptors (Lipinski definition) is 7. The van der Waals surface area contributed by atoms with Crippen LogP contribution < -0.4 is 5.14 Å². The van der Waals surface area contributed by atoms with Crippen molar-refractivity contribution >= 4 is 33.3 Å². The van der Waals surface area contributed by atoms with Crippen LogP contribution in [0.3, 0.4) is 0 Å². The predicted molar refractivity (Wildman–Crippen MR) is 114 cm³/mol. The van der Waals surface area contributed by atoms with E-state index < -0.39 is 27.7 Å². The zero-order valence-electron chi connectivity index (χ0n) is 16.3. The van der Waals surface area contributed by atoms with Crippen LogP contribution in [0.1, 0.15) is 15.9 Å². The van der Waals surface area contributed by atoms with Gasteiger partial charge in [-0.2, -0.15) is 5.11 Å². The number of primary sulfonamides is 1. The third kappa shape index (κ3) is 5.14. The largest absolute Gasteiger partial charge is 0.507 e. The Balaban J connectivity index is 2.07. The fourth-order valence-electron chi connectivity index (χ4n) is 2.98. The van der Waals surface area contributed by atoms with Gasteiger partial charge in [0.2, 0.25) is 10.0 Å². The standard InChI is InChI=1S/C21H17N3O7S/c22-32(30,31)20-15(13-6-4-12(5-7-13)10-19(26)27)2-1-3-17(20)24-23-14-8-9-18(25)16(11-14)21(28)29/h1-9,11,25H,10H2,(H,26,27)(H,28,29)(H2,22,30,31). The molecule has 0 atom stereocenters. The normalized spacial score (nSPS) is 11.5. The van der Waals surface area contributed by atoms with Crippen LogP contribution in [-0.2, 0) is 21.2 Å². The maximum absolute atomic E-state index is 12.3. The number of aliphatic carboxylic acids is 1. The first kappa shape index (κ1) is 22.6. The van der Waals surface area contributed by atoms with Crippen molar-refractivity contribution in [2.24, 2.45) is 15.4 Å². The molecule has 3 aromatic carbocycles. The summed E-state index contributed by atoms with van der Waals surface area (Å²) in [5.74, 6) is -2.81. The highest BCUT2D eigenvalue weighted by atomic mass is 32.2. The summed E-state index contributed by atoms with van der Waals surface area (Å²) < 4.78 is 24.7. The van der Waals surface area contributed by atoms with Crippen molar-refractivity contribution in [2.45, 2.75) is 11.3 Å². The van der Waals surface area contributed by atoms with Crippen LogP contribution in [0.25, 0.3) is 11.1 Å². The summed E-state index contributed by atoms with van der Waals surface area (Å²) in [7, 11) is -4.26. The van der Waals surface area contributed by atoms with Crippen LogP contribution in [-0.4, -0.2) is 35.7 Å². The summed E-state index contributed by atoms with van der Waals surface area (Å²) in [4.78, 5) is 21.7. The Morgan fingerprint density at radius 1 is 0.938 bits per heavy atom. The maximum atomic E-state index is 12.3. The van der Waals surface area contributed by atoms with Gasteiger partial charge in [0, 0.05) is 5.56 Å². The molecule has 0 aliphatic heterocycles. The van der Waals surface area contributed by atoms with Crippen molar-refractivity contribution < 1.29 is 33.3 Å². The first-order chi connectivity index (χ1) is 15.1. The van der Waals surface area contributed by atoms with Gasteiger partial charge >= 0.3 is 11.9 Å². The summed E-state index contributed by atoms with van der Waals surface area (Å²) in [5, 5.41) is 40.8. The van der Waals surface area contributed by atoms with Gasteiger partial charge in [-0.3, -0.25) is 4.79 Å². The lowest BCUT2D eigenvalue weighted by Crippen LogP contribution is -2.13. The van der Waals surface area contributed by atoms with Crippen LogP contribution in [0.5, 0.6) is 5.75 Å². The maximum Gasteiger partial charge on any atom is 0.339 e. The molecular formula is C21H17N3O7S. The van der Waals surface area contributed by atoms with E-state index in [2.05, 4.69) is 10.2 Å². The van der Waals surface area contributed by atoms with E-state index in [1.165, 1.54) is 18.2 Å². The summed E-state index contributed by atoms with van der Waals surface area (Å²) in [5.41, 5.74) is 0.855. The van der Waals surface area contributed by atoms with E-state index in [-0.39, 0.29) is 33.8 Å². The topological polar surface area (TPSA) is 180 Å². The number of hydrogen-bond donors (Lipinski definition) is 4. The number of aromatic carboxylic acids is 1. The Labute approximate surface area is 182 Å². The van der Waals surface area contributed by atoms with Gasteiger partial charge in [-0.1, -0.05) is 36.4 Å². The molecule has 11 heteroatoms. The Bertz CT molecular complexity index is 1330. The van der Waals surface area contributed by atoms with E-state index in [0.717, 1.165) is 12.1 Å². The Morgan fingerprint density at radius 2 is 1.62 bits per heavy atom. The molecule has 0 spiro atoms. The number of azo groups is 1. The average molecular weight is 455 g/mol. The van der Waals surface area contributed by atoms with Crippen molar-refractivity contribution in [3.05, 3.63) is 71.8 Å². The smallest absolute Gasteiger partial charge is 0.339 e. The zero-order valence-corrected chi connectivity index (χ0v) is 17.2. The van der Waals surface area contributed by atoms with Crippen molar-refractivity contribution in [1.82, 2.24) is 0 Å². The molecule has 0 unspecified atom stereocenters. The first-order valence-corrected chi connectivity index (χ1v) is 10.6. The van der Waals surface area contributed by atoms with Crippen LogP contribution in [0.15, 0.2) is 75.8 Å². The number of nitrogens with zero attached hydrogens (tertiary/aromatic N) is 2. The molecule has 0 amide bonds. The van der Waals surface area contributed by atoms with E-state index in [9.17, 15) is 23.1 Å². The van der Waals surface area contributed by atoms with Crippen molar-refractivity contribution in [3.8, 4) is 16.9 Å². The Hall–Kier alpha value is -4.09. The summed E-state index contributed by atoms with van der Waals surface area (Å²) in [6.07, 6.45) is -0.179. The summed E-state index contributed by atoms with van der Waals surface area (Å²) in [6, 6.07) is 14.2.